The van der Waals surface area contributed by atoms with Crippen LogP contribution in [0.1, 0.15) is 6.92 Å². The molecule has 18 heavy (non-hydrogen) atoms. The van der Waals surface area contributed by atoms with E-state index in [0.717, 1.165) is 11.4 Å². The quantitative estimate of drug-likeness (QED) is 0.811. The summed E-state index contributed by atoms with van der Waals surface area (Å²) in [6, 6.07) is 11.9. The number of benzene rings is 2. The molecule has 0 aliphatic heterocycles. The molecule has 2 rings (SSSR count). The Morgan fingerprint density at radius 1 is 1.17 bits per heavy atom. The summed E-state index contributed by atoms with van der Waals surface area (Å²) in [6.45, 7) is 2.54. The zero-order valence-corrected chi connectivity index (χ0v) is 10.1. The van der Waals surface area contributed by atoms with E-state index < -0.39 is 0 Å². The molecule has 0 heterocycles. The van der Waals surface area contributed by atoms with Gasteiger partial charge in [0.15, 0.2) is 0 Å². The van der Waals surface area contributed by atoms with Crippen molar-refractivity contribution in [3.8, 4) is 5.75 Å². The predicted octanol–water partition coefficient (Wildman–Crippen LogP) is 3.55. The fraction of sp³-hybridized carbons (Fsp3) is 0.143. The second kappa shape index (κ2) is 5.40. The van der Waals surface area contributed by atoms with Gasteiger partial charge < -0.3 is 15.8 Å². The number of rotatable bonds is 4. The molecule has 0 saturated carbocycles. The number of ether oxygens (including phenoxy) is 1. The van der Waals surface area contributed by atoms with Crippen LogP contribution >= 0.6 is 0 Å². The Morgan fingerprint density at radius 2 is 1.89 bits per heavy atom. The topological polar surface area (TPSA) is 47.3 Å². The van der Waals surface area contributed by atoms with E-state index >= 15 is 0 Å². The predicted molar refractivity (Wildman–Crippen MR) is 71.7 cm³/mol. The molecule has 0 atom stereocenters. The standard InChI is InChI=1S/C14H15FN2O/c1-2-18-11-8-6-10(7-9-11)17-14-12(15)4-3-5-13(14)16/h3-9,17H,2,16H2,1H3. The van der Waals surface area contributed by atoms with Crippen molar-refractivity contribution in [3.63, 3.8) is 0 Å². The van der Waals surface area contributed by atoms with Crippen LogP contribution in [-0.4, -0.2) is 6.61 Å². The van der Waals surface area contributed by atoms with Gasteiger partial charge in [-0.2, -0.15) is 0 Å². The molecule has 0 aromatic heterocycles. The highest BCUT2D eigenvalue weighted by atomic mass is 19.1. The fourth-order valence-corrected chi connectivity index (χ4v) is 1.62. The van der Waals surface area contributed by atoms with E-state index in [0.29, 0.717) is 18.0 Å². The zero-order valence-electron chi connectivity index (χ0n) is 10.1. The van der Waals surface area contributed by atoms with E-state index in [2.05, 4.69) is 5.32 Å². The molecule has 3 nitrogen and oxygen atoms in total. The SMILES string of the molecule is CCOc1ccc(Nc2c(N)cccc2F)cc1. The summed E-state index contributed by atoms with van der Waals surface area (Å²) in [5.74, 6) is 0.411. The van der Waals surface area contributed by atoms with Crippen molar-refractivity contribution in [2.45, 2.75) is 6.92 Å². The van der Waals surface area contributed by atoms with Gasteiger partial charge in [0.05, 0.1) is 18.0 Å². The van der Waals surface area contributed by atoms with Gasteiger partial charge in [0.1, 0.15) is 11.6 Å². The second-order valence-electron chi connectivity index (χ2n) is 3.79. The van der Waals surface area contributed by atoms with Crippen LogP contribution in [0.3, 0.4) is 0 Å². The van der Waals surface area contributed by atoms with Crippen LogP contribution in [0.5, 0.6) is 5.75 Å². The molecule has 4 heteroatoms. The fourth-order valence-electron chi connectivity index (χ4n) is 1.62. The number of hydrogen-bond donors (Lipinski definition) is 2. The second-order valence-corrected chi connectivity index (χ2v) is 3.79. The Balaban J connectivity index is 2.18. The lowest BCUT2D eigenvalue weighted by atomic mass is 10.2. The largest absolute Gasteiger partial charge is 0.494 e. The normalized spacial score (nSPS) is 10.1. The number of nitrogen functional groups attached to an aromatic ring is 1. The van der Waals surface area contributed by atoms with Crippen molar-refractivity contribution >= 4 is 17.1 Å². The van der Waals surface area contributed by atoms with E-state index in [1.807, 2.05) is 31.2 Å². The van der Waals surface area contributed by atoms with Gasteiger partial charge in [-0.05, 0) is 43.3 Å². The van der Waals surface area contributed by atoms with Crippen molar-refractivity contribution in [2.24, 2.45) is 0 Å². The van der Waals surface area contributed by atoms with Gasteiger partial charge in [0.25, 0.3) is 0 Å². The van der Waals surface area contributed by atoms with Crippen LogP contribution in [0.25, 0.3) is 0 Å². The molecule has 2 aromatic rings. The maximum absolute atomic E-state index is 13.6. The molecular formula is C14H15FN2O. The molecule has 3 N–H and O–H groups in total. The van der Waals surface area contributed by atoms with Crippen molar-refractivity contribution in [1.82, 2.24) is 0 Å². The first kappa shape index (κ1) is 12.2. The number of nitrogens with two attached hydrogens (primary N) is 1. The molecule has 0 aliphatic rings. The van der Waals surface area contributed by atoms with Crippen molar-refractivity contribution in [1.29, 1.82) is 0 Å². The van der Waals surface area contributed by atoms with Crippen molar-refractivity contribution in [2.75, 3.05) is 17.7 Å². The molecule has 2 aromatic carbocycles. The minimum Gasteiger partial charge on any atom is -0.494 e. The van der Waals surface area contributed by atoms with Crippen LogP contribution in [-0.2, 0) is 0 Å². The highest BCUT2D eigenvalue weighted by Gasteiger charge is 2.05. The molecule has 0 unspecified atom stereocenters. The molecule has 0 spiro atoms. The minimum absolute atomic E-state index is 0.293. The van der Waals surface area contributed by atoms with Crippen LogP contribution in [0, 0.1) is 5.82 Å². The Kier molecular flexibility index (Phi) is 3.67. The number of hydrogen-bond acceptors (Lipinski definition) is 3. The van der Waals surface area contributed by atoms with E-state index in [-0.39, 0.29) is 5.82 Å². The molecule has 0 bridgehead atoms. The summed E-state index contributed by atoms with van der Waals surface area (Å²) in [4.78, 5) is 0. The van der Waals surface area contributed by atoms with Crippen molar-refractivity contribution < 1.29 is 9.13 Å². The number of para-hydroxylation sites is 1. The zero-order chi connectivity index (χ0) is 13.0. The first-order valence-electron chi connectivity index (χ1n) is 5.74. The Hall–Kier alpha value is -2.23. The van der Waals surface area contributed by atoms with Crippen LogP contribution in [0.15, 0.2) is 42.5 Å². The highest BCUT2D eigenvalue weighted by Crippen LogP contribution is 2.26. The lowest BCUT2D eigenvalue weighted by Crippen LogP contribution is -1.99. The summed E-state index contributed by atoms with van der Waals surface area (Å²) in [7, 11) is 0. The van der Waals surface area contributed by atoms with Gasteiger partial charge in [-0.1, -0.05) is 6.07 Å². The Bertz CT molecular complexity index is 506. The summed E-state index contributed by atoms with van der Waals surface area (Å²) in [5, 5.41) is 2.95. The van der Waals surface area contributed by atoms with Gasteiger partial charge in [-0.15, -0.1) is 0 Å². The lowest BCUT2D eigenvalue weighted by Gasteiger charge is -2.11. The Labute approximate surface area is 105 Å². The highest BCUT2D eigenvalue weighted by molar-refractivity contribution is 5.73. The first-order chi connectivity index (χ1) is 8.70. The average molecular weight is 246 g/mol. The van der Waals surface area contributed by atoms with Gasteiger partial charge in [-0.25, -0.2) is 4.39 Å². The summed E-state index contributed by atoms with van der Waals surface area (Å²) in [6.07, 6.45) is 0. The van der Waals surface area contributed by atoms with Crippen LogP contribution < -0.4 is 15.8 Å². The third-order valence-electron chi connectivity index (χ3n) is 2.48. The van der Waals surface area contributed by atoms with E-state index in [1.54, 1.807) is 12.1 Å². The molecule has 0 fully saturated rings. The minimum atomic E-state index is -0.371. The van der Waals surface area contributed by atoms with E-state index in [4.69, 9.17) is 10.5 Å². The smallest absolute Gasteiger partial charge is 0.148 e. The van der Waals surface area contributed by atoms with Crippen LogP contribution in [0.2, 0.25) is 0 Å². The third-order valence-corrected chi connectivity index (χ3v) is 2.48. The maximum Gasteiger partial charge on any atom is 0.148 e. The molecule has 0 aliphatic carbocycles. The molecule has 94 valence electrons. The third kappa shape index (κ3) is 2.71. The van der Waals surface area contributed by atoms with Gasteiger partial charge in [0.2, 0.25) is 0 Å². The van der Waals surface area contributed by atoms with Gasteiger partial charge in [0, 0.05) is 5.69 Å². The summed E-state index contributed by atoms with van der Waals surface area (Å²) < 4.78 is 18.9. The molecule has 0 radical (unpaired) electrons. The number of anilines is 3. The molecular weight excluding hydrogens is 231 g/mol. The van der Waals surface area contributed by atoms with Gasteiger partial charge >= 0.3 is 0 Å². The number of nitrogens with one attached hydrogen (secondary N) is 1. The lowest BCUT2D eigenvalue weighted by molar-refractivity contribution is 0.340. The summed E-state index contributed by atoms with van der Waals surface area (Å²) in [5.41, 5.74) is 7.15. The maximum atomic E-state index is 13.6. The summed E-state index contributed by atoms with van der Waals surface area (Å²) >= 11 is 0. The monoisotopic (exact) mass is 246 g/mol. The van der Waals surface area contributed by atoms with E-state index in [9.17, 15) is 4.39 Å². The molecule has 0 saturated heterocycles. The first-order valence-corrected chi connectivity index (χ1v) is 5.74. The van der Waals surface area contributed by atoms with Crippen molar-refractivity contribution in [3.05, 3.63) is 48.3 Å². The molecule has 0 amide bonds. The Morgan fingerprint density at radius 3 is 2.50 bits per heavy atom. The van der Waals surface area contributed by atoms with E-state index in [1.165, 1.54) is 6.07 Å². The average Bonchev–Trinajstić information content (AvgIpc) is 2.36. The van der Waals surface area contributed by atoms with Crippen LogP contribution in [0.4, 0.5) is 21.5 Å². The number of halogens is 1. The van der Waals surface area contributed by atoms with Gasteiger partial charge in [-0.3, -0.25) is 0 Å².